The molecule has 0 amide bonds. The van der Waals surface area contributed by atoms with Gasteiger partial charge in [-0.05, 0) is 0 Å². The van der Waals surface area contributed by atoms with Gasteiger partial charge in [-0.2, -0.15) is 0 Å². The normalized spacial score (nSPS) is 23.9. The van der Waals surface area contributed by atoms with Crippen LogP contribution >= 0.6 is 0 Å². The first-order valence-corrected chi connectivity index (χ1v) is 9.89. The maximum Gasteiger partial charge on any atom is -1.00 e. The van der Waals surface area contributed by atoms with Crippen LogP contribution in [0.2, 0.25) is 0 Å². The molecule has 0 bridgehead atoms. The molecule has 0 aromatic heterocycles. The van der Waals surface area contributed by atoms with Gasteiger partial charge in [-0.25, -0.2) is 0 Å². The van der Waals surface area contributed by atoms with Crippen LogP contribution in [0.5, 0.6) is 0 Å². The molecule has 0 nitrogen and oxygen atoms in total. The van der Waals surface area contributed by atoms with Gasteiger partial charge in [0.1, 0.15) is 0 Å². The van der Waals surface area contributed by atoms with Crippen molar-refractivity contribution < 1.29 is 26.1 Å². The molecule has 1 fully saturated rings. The molecule has 0 radical (unpaired) electrons. The van der Waals surface area contributed by atoms with Crippen molar-refractivity contribution in [3.63, 3.8) is 0 Å². The average molecular weight is 320 g/mol. The molecular weight excluding hydrogens is 295 g/mol. The maximum atomic E-state index is 2.45. The SMILES string of the molecule is C1=CC[C]([Zr][C]2=C(CC3CCCCC3)C=CC2)=C1.[H-].[H-]. The Labute approximate surface area is 125 Å². The molecule has 98 valence electrons. The Balaban J connectivity index is 0.000001000. The Kier molecular flexibility index (Phi) is 4.52. The van der Waals surface area contributed by atoms with E-state index in [0.717, 1.165) is 5.92 Å². The molecule has 1 heteroatoms. The molecule has 0 spiro atoms. The number of allylic oxidation sites excluding steroid dienone is 8. The summed E-state index contributed by atoms with van der Waals surface area (Å²) < 4.78 is 3.65. The first-order valence-electron chi connectivity index (χ1n) is 7.43. The first-order chi connectivity index (χ1) is 8.92. The molecular formula is C17H24Zr-2. The second-order valence-electron chi connectivity index (χ2n) is 5.77. The second kappa shape index (κ2) is 6.33. The van der Waals surface area contributed by atoms with E-state index in [1.807, 2.05) is 3.28 Å². The van der Waals surface area contributed by atoms with Crippen LogP contribution in [-0.2, 0) is 23.2 Å². The van der Waals surface area contributed by atoms with Gasteiger partial charge in [-0.3, -0.25) is 0 Å². The van der Waals surface area contributed by atoms with Crippen molar-refractivity contribution in [3.8, 4) is 0 Å². The standard InChI is InChI=1S/C12H17.C5H5.Zr.2H/c1-2-6-11(7-3-1)10-12-8-4-5-9-12;1-2-4-5-3-1;;;/h4,8,11H,1-3,5-7,10H2;1-3H,4H2;;;/q;;;2*-1. The Hall–Kier alpha value is -0.157. The first kappa shape index (κ1) is 12.9. The smallest absolute Gasteiger partial charge is 1.00 e. The molecule has 0 aliphatic heterocycles. The molecule has 3 rings (SSSR count). The van der Waals surface area contributed by atoms with Crippen LogP contribution in [0.1, 0.15) is 54.2 Å². The zero-order valence-electron chi connectivity index (χ0n) is 13.1. The van der Waals surface area contributed by atoms with Gasteiger partial charge in [-0.1, -0.05) is 0 Å². The summed E-state index contributed by atoms with van der Waals surface area (Å²) >= 11 is -0.414. The quantitative estimate of drug-likeness (QED) is 0.657. The summed E-state index contributed by atoms with van der Waals surface area (Å²) in [4.78, 5) is 0. The second-order valence-corrected chi connectivity index (χ2v) is 9.44. The van der Waals surface area contributed by atoms with Crippen LogP contribution in [0.15, 0.2) is 42.5 Å². The number of hydrogen-bond acceptors (Lipinski definition) is 0. The fourth-order valence-corrected chi connectivity index (χ4v) is 6.63. The molecule has 0 unspecified atom stereocenters. The van der Waals surface area contributed by atoms with E-state index in [9.17, 15) is 0 Å². The van der Waals surface area contributed by atoms with E-state index in [1.165, 1.54) is 51.4 Å². The van der Waals surface area contributed by atoms with Gasteiger partial charge in [0, 0.05) is 0 Å². The molecule has 0 N–H and O–H groups in total. The fraction of sp³-hybridized carbons (Fsp3) is 0.529. The predicted octanol–water partition coefficient (Wildman–Crippen LogP) is 5.32. The van der Waals surface area contributed by atoms with E-state index in [0.29, 0.717) is 0 Å². The Morgan fingerprint density at radius 1 is 1.11 bits per heavy atom. The van der Waals surface area contributed by atoms with Crippen LogP contribution < -0.4 is 0 Å². The topological polar surface area (TPSA) is 0 Å². The maximum absolute atomic E-state index is 2.45. The molecule has 0 aromatic rings. The predicted molar refractivity (Wildman–Crippen MR) is 76.0 cm³/mol. The minimum Gasteiger partial charge on any atom is -1.00 e. The van der Waals surface area contributed by atoms with Gasteiger partial charge in [0.25, 0.3) is 0 Å². The monoisotopic (exact) mass is 318 g/mol. The van der Waals surface area contributed by atoms with E-state index in [4.69, 9.17) is 0 Å². The summed E-state index contributed by atoms with van der Waals surface area (Å²) in [6, 6.07) is 0. The van der Waals surface area contributed by atoms with Crippen molar-refractivity contribution in [2.75, 3.05) is 0 Å². The van der Waals surface area contributed by atoms with Crippen molar-refractivity contribution >= 4 is 0 Å². The Morgan fingerprint density at radius 2 is 2.00 bits per heavy atom. The van der Waals surface area contributed by atoms with E-state index in [1.54, 1.807) is 8.85 Å². The van der Waals surface area contributed by atoms with Crippen LogP contribution in [0.3, 0.4) is 0 Å². The van der Waals surface area contributed by atoms with Gasteiger partial charge in [0.05, 0.1) is 0 Å². The van der Waals surface area contributed by atoms with Crippen LogP contribution in [0, 0.1) is 5.92 Å². The summed E-state index contributed by atoms with van der Waals surface area (Å²) in [7, 11) is 0. The number of hydrogen-bond donors (Lipinski definition) is 0. The van der Waals surface area contributed by atoms with Crippen molar-refractivity contribution in [2.45, 2.75) is 51.4 Å². The summed E-state index contributed by atoms with van der Waals surface area (Å²) in [5.74, 6) is 1.00. The van der Waals surface area contributed by atoms with Crippen molar-refractivity contribution in [1.29, 1.82) is 0 Å². The summed E-state index contributed by atoms with van der Waals surface area (Å²) in [6.45, 7) is 0. The van der Waals surface area contributed by atoms with Crippen LogP contribution in [0.4, 0.5) is 0 Å². The van der Waals surface area contributed by atoms with Crippen molar-refractivity contribution in [1.82, 2.24) is 0 Å². The van der Waals surface area contributed by atoms with E-state index < -0.39 is 23.2 Å². The Bertz CT molecular complexity index is 426. The molecule has 3 aliphatic rings. The third kappa shape index (κ3) is 3.24. The largest absolute Gasteiger partial charge is 1.00 e. The molecule has 0 heterocycles. The third-order valence-electron chi connectivity index (χ3n) is 4.34. The van der Waals surface area contributed by atoms with Crippen LogP contribution in [-0.4, -0.2) is 0 Å². The Morgan fingerprint density at radius 3 is 2.78 bits per heavy atom. The van der Waals surface area contributed by atoms with E-state index >= 15 is 0 Å². The van der Waals surface area contributed by atoms with Gasteiger partial charge >= 0.3 is 123 Å². The average Bonchev–Trinajstić information content (AvgIpc) is 3.04. The molecule has 0 aromatic carbocycles. The van der Waals surface area contributed by atoms with Gasteiger partial charge in [0.15, 0.2) is 0 Å². The third-order valence-corrected chi connectivity index (χ3v) is 8.08. The van der Waals surface area contributed by atoms with E-state index in [-0.39, 0.29) is 2.85 Å². The van der Waals surface area contributed by atoms with Crippen molar-refractivity contribution in [2.24, 2.45) is 5.92 Å². The van der Waals surface area contributed by atoms with Gasteiger partial charge in [-0.15, -0.1) is 0 Å². The molecule has 0 saturated heterocycles. The molecule has 18 heavy (non-hydrogen) atoms. The number of rotatable bonds is 4. The fourth-order valence-electron chi connectivity index (χ4n) is 3.31. The minimum atomic E-state index is -0.414. The van der Waals surface area contributed by atoms with Crippen molar-refractivity contribution in [3.05, 3.63) is 42.5 Å². The summed E-state index contributed by atoms with van der Waals surface area (Å²) in [5.41, 5.74) is 1.75. The van der Waals surface area contributed by atoms with Gasteiger partial charge in [0.2, 0.25) is 0 Å². The zero-order valence-corrected chi connectivity index (χ0v) is 13.6. The zero-order chi connectivity index (χ0) is 12.2. The molecule has 3 aliphatic carbocycles. The van der Waals surface area contributed by atoms with Crippen LogP contribution in [0.25, 0.3) is 0 Å². The minimum absolute atomic E-state index is 0. The van der Waals surface area contributed by atoms with Gasteiger partial charge < -0.3 is 2.85 Å². The molecule has 1 saturated carbocycles. The molecule has 0 atom stereocenters. The van der Waals surface area contributed by atoms with E-state index in [2.05, 4.69) is 30.4 Å². The summed E-state index contributed by atoms with van der Waals surface area (Å²) in [5, 5.41) is 0. The summed E-state index contributed by atoms with van der Waals surface area (Å²) in [6.07, 6.45) is 23.2.